The number of hydrogen-bond acceptors (Lipinski definition) is 3. The molecule has 2 aromatic carbocycles. The summed E-state index contributed by atoms with van der Waals surface area (Å²) in [6, 6.07) is 18.1. The number of fused-ring (bicyclic) bond motifs is 1. The third kappa shape index (κ3) is 4.59. The molecule has 130 valence electrons. The Labute approximate surface area is 147 Å². The van der Waals surface area contributed by atoms with Crippen molar-refractivity contribution in [1.82, 2.24) is 14.9 Å². The van der Waals surface area contributed by atoms with Gasteiger partial charge < -0.3 is 14.6 Å². The fourth-order valence-corrected chi connectivity index (χ4v) is 2.90. The number of benzene rings is 2. The number of carbonyl (C=O) groups is 1. The van der Waals surface area contributed by atoms with Crippen molar-refractivity contribution >= 4 is 17.4 Å². The minimum atomic E-state index is 0.669. The van der Waals surface area contributed by atoms with Crippen molar-refractivity contribution in [2.24, 2.45) is 0 Å². The van der Waals surface area contributed by atoms with E-state index < -0.39 is 0 Å². The molecule has 0 aliphatic rings. The molecule has 0 spiro atoms. The molecule has 1 amide bonds. The Balaban J connectivity index is 1.62. The molecule has 0 bridgehead atoms. The van der Waals surface area contributed by atoms with Crippen LogP contribution in [0.1, 0.15) is 18.7 Å². The van der Waals surface area contributed by atoms with E-state index in [-0.39, 0.29) is 0 Å². The Bertz CT molecular complexity index is 799. The van der Waals surface area contributed by atoms with Gasteiger partial charge in [-0.2, -0.15) is 0 Å². The molecule has 5 nitrogen and oxygen atoms in total. The second kappa shape index (κ2) is 8.87. The molecule has 25 heavy (non-hydrogen) atoms. The molecule has 0 saturated heterocycles. The topological polar surface area (TPSA) is 56.2 Å². The second-order valence-corrected chi connectivity index (χ2v) is 5.86. The Morgan fingerprint density at radius 1 is 1.04 bits per heavy atom. The van der Waals surface area contributed by atoms with E-state index in [0.29, 0.717) is 13.2 Å². The number of amides is 1. The smallest absolute Gasteiger partial charge is 0.207 e. The molecule has 0 fully saturated rings. The minimum Gasteiger partial charge on any atom is -0.494 e. The fourth-order valence-electron chi connectivity index (χ4n) is 2.90. The lowest BCUT2D eigenvalue weighted by atomic mass is 10.3. The number of carbonyl (C=O) groups excluding carboxylic acids is 1. The zero-order valence-electron chi connectivity index (χ0n) is 14.2. The van der Waals surface area contributed by atoms with Crippen LogP contribution in [0.5, 0.6) is 5.75 Å². The van der Waals surface area contributed by atoms with Gasteiger partial charge in [0, 0.05) is 19.5 Å². The van der Waals surface area contributed by atoms with Crippen LogP contribution in [0.2, 0.25) is 0 Å². The van der Waals surface area contributed by atoms with Crippen molar-refractivity contribution in [2.45, 2.75) is 25.8 Å². The molecule has 1 aromatic heterocycles. The summed E-state index contributed by atoms with van der Waals surface area (Å²) in [5.41, 5.74) is 2.17. The predicted octanol–water partition coefficient (Wildman–Crippen LogP) is 3.18. The van der Waals surface area contributed by atoms with E-state index in [1.165, 1.54) is 0 Å². The van der Waals surface area contributed by atoms with Gasteiger partial charge in [-0.25, -0.2) is 4.98 Å². The second-order valence-electron chi connectivity index (χ2n) is 5.86. The highest BCUT2D eigenvalue weighted by Gasteiger charge is 2.10. The number of para-hydroxylation sites is 3. The van der Waals surface area contributed by atoms with Gasteiger partial charge >= 0.3 is 0 Å². The number of ether oxygens (including phenoxy) is 1. The third-order valence-electron chi connectivity index (χ3n) is 4.08. The summed E-state index contributed by atoms with van der Waals surface area (Å²) >= 11 is 0. The van der Waals surface area contributed by atoms with E-state index in [9.17, 15) is 4.79 Å². The predicted molar refractivity (Wildman–Crippen MR) is 98.7 cm³/mol. The van der Waals surface area contributed by atoms with Crippen molar-refractivity contribution in [3.63, 3.8) is 0 Å². The summed E-state index contributed by atoms with van der Waals surface area (Å²) in [4.78, 5) is 15.1. The Hall–Kier alpha value is -2.82. The monoisotopic (exact) mass is 337 g/mol. The maximum Gasteiger partial charge on any atom is 0.207 e. The van der Waals surface area contributed by atoms with Crippen molar-refractivity contribution in [3.8, 4) is 5.75 Å². The van der Waals surface area contributed by atoms with Gasteiger partial charge in [0.05, 0.1) is 17.6 Å². The van der Waals surface area contributed by atoms with Crippen molar-refractivity contribution in [3.05, 3.63) is 60.4 Å². The average Bonchev–Trinajstić information content (AvgIpc) is 3.01. The molecule has 0 radical (unpaired) electrons. The number of imidazole rings is 1. The number of nitrogens with one attached hydrogen (secondary N) is 1. The number of aryl methyl sites for hydroxylation is 2. The summed E-state index contributed by atoms with van der Waals surface area (Å²) in [7, 11) is 0. The van der Waals surface area contributed by atoms with Gasteiger partial charge in [-0.1, -0.05) is 30.3 Å². The fraction of sp³-hybridized carbons (Fsp3) is 0.300. The van der Waals surface area contributed by atoms with E-state index >= 15 is 0 Å². The third-order valence-corrected chi connectivity index (χ3v) is 4.08. The van der Waals surface area contributed by atoms with Crippen LogP contribution in [0.25, 0.3) is 11.0 Å². The molecule has 3 aromatic rings. The van der Waals surface area contributed by atoms with Gasteiger partial charge in [-0.15, -0.1) is 0 Å². The van der Waals surface area contributed by atoms with E-state index in [1.807, 2.05) is 48.5 Å². The highest BCUT2D eigenvalue weighted by Crippen LogP contribution is 2.18. The Morgan fingerprint density at radius 3 is 2.68 bits per heavy atom. The van der Waals surface area contributed by atoms with Crippen LogP contribution in [-0.2, 0) is 17.8 Å². The molecule has 3 rings (SSSR count). The molecule has 1 heterocycles. The Kier molecular flexibility index (Phi) is 6.04. The van der Waals surface area contributed by atoms with Gasteiger partial charge in [0.1, 0.15) is 11.6 Å². The van der Waals surface area contributed by atoms with Crippen LogP contribution < -0.4 is 10.1 Å². The zero-order valence-corrected chi connectivity index (χ0v) is 14.2. The normalized spacial score (nSPS) is 10.7. The lowest BCUT2D eigenvalue weighted by molar-refractivity contribution is -0.109. The highest BCUT2D eigenvalue weighted by molar-refractivity contribution is 5.75. The molecular weight excluding hydrogens is 314 g/mol. The van der Waals surface area contributed by atoms with Crippen LogP contribution in [-0.4, -0.2) is 29.1 Å². The van der Waals surface area contributed by atoms with Crippen LogP contribution in [0, 0.1) is 0 Å². The molecule has 0 unspecified atom stereocenters. The highest BCUT2D eigenvalue weighted by atomic mass is 16.5. The summed E-state index contributed by atoms with van der Waals surface area (Å²) in [6.45, 7) is 2.20. The van der Waals surface area contributed by atoms with Crippen LogP contribution >= 0.6 is 0 Å². The van der Waals surface area contributed by atoms with Gasteiger partial charge in [-0.05, 0) is 37.1 Å². The van der Waals surface area contributed by atoms with E-state index in [4.69, 9.17) is 9.72 Å². The Morgan fingerprint density at radius 2 is 1.84 bits per heavy atom. The van der Waals surface area contributed by atoms with Gasteiger partial charge in [-0.3, -0.25) is 4.79 Å². The molecule has 1 N–H and O–H groups in total. The average molecular weight is 337 g/mol. The van der Waals surface area contributed by atoms with Crippen LogP contribution in [0.3, 0.4) is 0 Å². The first kappa shape index (κ1) is 17.0. The first-order valence-electron chi connectivity index (χ1n) is 8.67. The molecule has 5 heteroatoms. The van der Waals surface area contributed by atoms with E-state index in [2.05, 4.69) is 16.0 Å². The lowest BCUT2D eigenvalue weighted by Gasteiger charge is -2.10. The van der Waals surface area contributed by atoms with Gasteiger partial charge in [0.15, 0.2) is 0 Å². The lowest BCUT2D eigenvalue weighted by Crippen LogP contribution is -2.14. The van der Waals surface area contributed by atoms with Crippen molar-refractivity contribution in [1.29, 1.82) is 0 Å². The first-order chi connectivity index (χ1) is 12.4. The maximum atomic E-state index is 10.4. The molecule has 0 aliphatic carbocycles. The summed E-state index contributed by atoms with van der Waals surface area (Å²) in [6.07, 6.45) is 3.37. The molecular formula is C20H23N3O2. The standard InChI is InChI=1S/C20H23N3O2/c24-16-21-13-6-12-20-22-18-10-4-5-11-19(18)23(20)14-7-15-25-17-8-2-1-3-9-17/h1-5,8-11,16H,6-7,12-15H2,(H,21,24). The molecule has 0 saturated carbocycles. The van der Waals surface area contributed by atoms with E-state index in [0.717, 1.165) is 54.8 Å². The van der Waals surface area contributed by atoms with Crippen LogP contribution in [0.15, 0.2) is 54.6 Å². The quantitative estimate of drug-likeness (QED) is 0.457. The zero-order chi connectivity index (χ0) is 17.3. The van der Waals surface area contributed by atoms with Crippen molar-refractivity contribution in [2.75, 3.05) is 13.2 Å². The number of rotatable bonds is 10. The number of aromatic nitrogens is 2. The van der Waals surface area contributed by atoms with E-state index in [1.54, 1.807) is 0 Å². The summed E-state index contributed by atoms with van der Waals surface area (Å²) in [5, 5.41) is 2.70. The van der Waals surface area contributed by atoms with Crippen LogP contribution in [0.4, 0.5) is 0 Å². The number of nitrogens with zero attached hydrogens (tertiary/aromatic N) is 2. The first-order valence-corrected chi connectivity index (χ1v) is 8.67. The minimum absolute atomic E-state index is 0.669. The van der Waals surface area contributed by atoms with Gasteiger partial charge in [0.25, 0.3) is 0 Å². The molecule has 0 atom stereocenters. The molecule has 0 aliphatic heterocycles. The van der Waals surface area contributed by atoms with Gasteiger partial charge in [0.2, 0.25) is 6.41 Å². The summed E-state index contributed by atoms with van der Waals surface area (Å²) < 4.78 is 8.06. The SMILES string of the molecule is O=CNCCCc1nc2ccccc2n1CCCOc1ccccc1. The summed E-state index contributed by atoms with van der Waals surface area (Å²) in [5.74, 6) is 1.96. The largest absolute Gasteiger partial charge is 0.494 e. The maximum absolute atomic E-state index is 10.4. The van der Waals surface area contributed by atoms with Crippen molar-refractivity contribution < 1.29 is 9.53 Å². The number of hydrogen-bond donors (Lipinski definition) is 1.